The number of rotatable bonds is 0. The molecule has 1 aromatic heterocycles. The van der Waals surface area contributed by atoms with Gasteiger partial charge >= 0.3 is 0 Å². The van der Waals surface area contributed by atoms with Crippen molar-refractivity contribution in [1.82, 2.24) is 0 Å². The molecule has 0 N–H and O–H groups in total. The van der Waals surface area contributed by atoms with Crippen LogP contribution >= 0.6 is 0 Å². The van der Waals surface area contributed by atoms with Crippen molar-refractivity contribution < 1.29 is 9.21 Å². The Labute approximate surface area is 101 Å². The molecule has 2 heteroatoms. The molecule has 0 saturated carbocycles. The van der Waals surface area contributed by atoms with Crippen LogP contribution in [0.25, 0.3) is 6.08 Å². The molecule has 86 valence electrons. The molecule has 0 atom stereocenters. The van der Waals surface area contributed by atoms with E-state index >= 15 is 0 Å². The van der Waals surface area contributed by atoms with E-state index < -0.39 is 0 Å². The van der Waals surface area contributed by atoms with Crippen molar-refractivity contribution in [1.29, 1.82) is 0 Å². The van der Waals surface area contributed by atoms with E-state index in [1.807, 2.05) is 38.2 Å². The van der Waals surface area contributed by atoms with Gasteiger partial charge in [-0.15, -0.1) is 0 Å². The van der Waals surface area contributed by atoms with E-state index in [0.717, 1.165) is 11.1 Å². The first-order valence-corrected chi connectivity index (χ1v) is 5.45. The van der Waals surface area contributed by atoms with Crippen LogP contribution in [-0.4, -0.2) is 5.78 Å². The largest absolute Gasteiger partial charge is 0.464 e. The summed E-state index contributed by atoms with van der Waals surface area (Å²) >= 11 is 0. The number of allylic oxidation sites excluding steroid dienone is 6. The molecule has 2 rings (SSSR count). The minimum Gasteiger partial charge on any atom is -0.464 e. The summed E-state index contributed by atoms with van der Waals surface area (Å²) < 4.78 is 5.37. The molecule has 17 heavy (non-hydrogen) atoms. The quantitative estimate of drug-likeness (QED) is 0.629. The van der Waals surface area contributed by atoms with Gasteiger partial charge in [-0.3, -0.25) is 4.79 Å². The number of furan rings is 1. The Bertz CT molecular complexity index is 566. The van der Waals surface area contributed by atoms with Crippen molar-refractivity contribution >= 4 is 11.9 Å². The fraction of sp³-hybridized carbons (Fsp3) is 0.133. The highest BCUT2D eigenvalue weighted by Crippen LogP contribution is 2.24. The average Bonchev–Trinajstić information content (AvgIpc) is 2.67. The molecule has 1 aromatic rings. The Balaban J connectivity index is 2.62. The molecule has 0 spiro atoms. The minimum absolute atomic E-state index is 0.0695. The van der Waals surface area contributed by atoms with Gasteiger partial charge in [0.05, 0.1) is 11.8 Å². The molecule has 0 aliphatic heterocycles. The second-order valence-electron chi connectivity index (χ2n) is 4.06. The van der Waals surface area contributed by atoms with Gasteiger partial charge in [0, 0.05) is 5.57 Å². The number of hydrogen-bond acceptors (Lipinski definition) is 2. The van der Waals surface area contributed by atoms with Crippen LogP contribution in [0.1, 0.15) is 28.6 Å². The van der Waals surface area contributed by atoms with Crippen molar-refractivity contribution in [2.24, 2.45) is 0 Å². The van der Waals surface area contributed by atoms with E-state index in [1.54, 1.807) is 12.3 Å². The van der Waals surface area contributed by atoms with Crippen LogP contribution in [0.4, 0.5) is 0 Å². The van der Waals surface area contributed by atoms with E-state index in [-0.39, 0.29) is 5.78 Å². The van der Waals surface area contributed by atoms with Gasteiger partial charge in [0.1, 0.15) is 5.76 Å². The highest BCUT2D eigenvalue weighted by Gasteiger charge is 2.20. The summed E-state index contributed by atoms with van der Waals surface area (Å²) in [6.07, 6.45) is 10.9. The van der Waals surface area contributed by atoms with Crippen LogP contribution in [0.2, 0.25) is 0 Å². The molecule has 0 amide bonds. The van der Waals surface area contributed by atoms with Gasteiger partial charge in [-0.2, -0.15) is 0 Å². The monoisotopic (exact) mass is 226 g/mol. The van der Waals surface area contributed by atoms with Crippen LogP contribution in [0.5, 0.6) is 0 Å². The van der Waals surface area contributed by atoms with Crippen molar-refractivity contribution in [2.45, 2.75) is 13.8 Å². The third-order valence-corrected chi connectivity index (χ3v) is 2.80. The summed E-state index contributed by atoms with van der Waals surface area (Å²) in [4.78, 5) is 12.3. The average molecular weight is 226 g/mol. The van der Waals surface area contributed by atoms with Crippen molar-refractivity contribution in [3.05, 3.63) is 65.2 Å². The summed E-state index contributed by atoms with van der Waals surface area (Å²) in [6.45, 7) is 7.60. The molecule has 2 nitrogen and oxygen atoms in total. The number of aryl methyl sites for hydroxylation is 1. The van der Waals surface area contributed by atoms with Gasteiger partial charge in [-0.05, 0) is 31.1 Å². The smallest absolute Gasteiger partial charge is 0.196 e. The lowest BCUT2D eigenvalue weighted by Gasteiger charge is -2.06. The van der Waals surface area contributed by atoms with Gasteiger partial charge in [0.15, 0.2) is 5.78 Å². The summed E-state index contributed by atoms with van der Waals surface area (Å²) in [6, 6.07) is 0. The number of ketones is 1. The first-order valence-electron chi connectivity index (χ1n) is 5.45. The number of Topliss-reactive ketones (excluding diaryl/α,β-unsaturated/α-hetero) is 1. The van der Waals surface area contributed by atoms with Crippen LogP contribution in [0.3, 0.4) is 0 Å². The molecule has 0 bridgehead atoms. The lowest BCUT2D eigenvalue weighted by atomic mass is 9.96. The van der Waals surface area contributed by atoms with E-state index in [1.165, 1.54) is 0 Å². The maximum absolute atomic E-state index is 12.3. The normalized spacial score (nSPS) is 19.5. The van der Waals surface area contributed by atoms with Gasteiger partial charge in [0.25, 0.3) is 0 Å². The second-order valence-corrected chi connectivity index (χ2v) is 4.06. The zero-order valence-corrected chi connectivity index (χ0v) is 9.99. The fourth-order valence-electron chi connectivity index (χ4n) is 1.72. The van der Waals surface area contributed by atoms with Crippen molar-refractivity contribution in [3.8, 4) is 0 Å². The number of carbonyl (C=O) groups is 1. The van der Waals surface area contributed by atoms with E-state index in [4.69, 9.17) is 4.42 Å². The van der Waals surface area contributed by atoms with E-state index in [0.29, 0.717) is 16.9 Å². The van der Waals surface area contributed by atoms with Crippen LogP contribution in [-0.2, 0) is 0 Å². The number of fused-ring (bicyclic) bond motifs is 1. The molecule has 0 saturated heterocycles. The summed E-state index contributed by atoms with van der Waals surface area (Å²) in [5.41, 5.74) is 2.83. The SMILES string of the molecule is C=C1C(=O)c2c(C)coc2/C=C/C=C\C=C1C. The van der Waals surface area contributed by atoms with E-state index in [9.17, 15) is 4.79 Å². The van der Waals surface area contributed by atoms with Gasteiger partial charge in [-0.25, -0.2) is 0 Å². The standard InChI is InChI=1S/C15H14O2/c1-10-7-5-4-6-8-13-14(11(2)9-17-13)15(16)12(10)3/h4-9H,3H2,1-2H3/b5-4-,8-6+,10-7?. The molecular formula is C15H14O2. The first-order chi connectivity index (χ1) is 8.11. The topological polar surface area (TPSA) is 30.2 Å². The van der Waals surface area contributed by atoms with Gasteiger partial charge in [-0.1, -0.05) is 30.9 Å². The van der Waals surface area contributed by atoms with Gasteiger partial charge in [0.2, 0.25) is 0 Å². The van der Waals surface area contributed by atoms with Crippen LogP contribution in [0.15, 0.2) is 52.7 Å². The second kappa shape index (κ2) is 4.42. The minimum atomic E-state index is -0.0695. The van der Waals surface area contributed by atoms with Crippen LogP contribution < -0.4 is 0 Å². The predicted molar refractivity (Wildman–Crippen MR) is 68.8 cm³/mol. The molecular weight excluding hydrogens is 212 g/mol. The third kappa shape index (κ3) is 2.07. The number of hydrogen-bond donors (Lipinski definition) is 0. The highest BCUT2D eigenvalue weighted by molar-refractivity contribution is 6.13. The highest BCUT2D eigenvalue weighted by atomic mass is 16.3. The number of carbonyl (C=O) groups excluding carboxylic acids is 1. The molecule has 1 aliphatic rings. The lowest BCUT2D eigenvalue weighted by Crippen LogP contribution is -2.05. The Morgan fingerprint density at radius 3 is 2.71 bits per heavy atom. The molecule has 1 heterocycles. The Morgan fingerprint density at radius 1 is 1.18 bits per heavy atom. The first kappa shape index (κ1) is 11.4. The van der Waals surface area contributed by atoms with Crippen molar-refractivity contribution in [2.75, 3.05) is 0 Å². The molecule has 0 fully saturated rings. The van der Waals surface area contributed by atoms with Crippen LogP contribution in [0, 0.1) is 6.92 Å². The maximum atomic E-state index is 12.3. The fourth-order valence-corrected chi connectivity index (χ4v) is 1.72. The van der Waals surface area contributed by atoms with Crippen molar-refractivity contribution in [3.63, 3.8) is 0 Å². The summed E-state index contributed by atoms with van der Waals surface area (Å²) in [7, 11) is 0. The maximum Gasteiger partial charge on any atom is 0.196 e. The zero-order valence-electron chi connectivity index (χ0n) is 9.99. The Hall–Kier alpha value is -2.09. The predicted octanol–water partition coefficient (Wildman–Crippen LogP) is 3.86. The Morgan fingerprint density at radius 2 is 1.94 bits per heavy atom. The molecule has 1 aliphatic carbocycles. The summed E-state index contributed by atoms with van der Waals surface area (Å²) in [5.74, 6) is 0.521. The zero-order chi connectivity index (χ0) is 12.4. The third-order valence-electron chi connectivity index (χ3n) is 2.80. The Kier molecular flexibility index (Phi) is 2.96. The molecule has 0 aromatic carbocycles. The summed E-state index contributed by atoms with van der Waals surface area (Å²) in [5, 5.41) is 0. The lowest BCUT2D eigenvalue weighted by molar-refractivity contribution is 0.103. The van der Waals surface area contributed by atoms with Gasteiger partial charge < -0.3 is 4.42 Å². The molecule has 0 radical (unpaired) electrons. The molecule has 0 unspecified atom stereocenters. The van der Waals surface area contributed by atoms with E-state index in [2.05, 4.69) is 6.58 Å².